The van der Waals surface area contributed by atoms with Crippen molar-refractivity contribution in [3.05, 3.63) is 35.4 Å². The minimum atomic E-state index is 0.802. The highest BCUT2D eigenvalue weighted by Crippen LogP contribution is 2.04. The summed E-state index contributed by atoms with van der Waals surface area (Å²) < 4.78 is 0. The molecule has 1 heteroatoms. The molecule has 0 heterocycles. The summed E-state index contributed by atoms with van der Waals surface area (Å²) in [5.41, 5.74) is 2.79. The third-order valence-corrected chi connectivity index (χ3v) is 2.57. The molecule has 1 aromatic carbocycles. The molecule has 0 spiro atoms. The van der Waals surface area contributed by atoms with E-state index in [0.29, 0.717) is 0 Å². The Balaban J connectivity index is 2.15. The molecule has 0 bridgehead atoms. The van der Waals surface area contributed by atoms with Gasteiger partial charge in [-0.3, -0.25) is 0 Å². The van der Waals surface area contributed by atoms with E-state index < -0.39 is 0 Å². The summed E-state index contributed by atoms with van der Waals surface area (Å²) in [5, 5.41) is 3.48. The zero-order valence-corrected chi connectivity index (χ0v) is 10.2. The summed E-state index contributed by atoms with van der Waals surface area (Å²) >= 11 is 0. The van der Waals surface area contributed by atoms with Crippen molar-refractivity contribution in [1.29, 1.82) is 0 Å². The number of nitrogens with one attached hydrogen (secondary N) is 1. The van der Waals surface area contributed by atoms with Gasteiger partial charge in [0.1, 0.15) is 0 Å². The lowest BCUT2D eigenvalue weighted by molar-refractivity contribution is 0.539. The van der Waals surface area contributed by atoms with Crippen LogP contribution < -0.4 is 5.32 Å². The van der Waals surface area contributed by atoms with E-state index >= 15 is 0 Å². The molecule has 1 nitrogen and oxygen atoms in total. The average Bonchev–Trinajstić information content (AvgIpc) is 2.17. The number of benzene rings is 1. The second-order valence-corrected chi connectivity index (χ2v) is 4.67. The maximum Gasteiger partial charge on any atom is -0.000835 e. The van der Waals surface area contributed by atoms with Crippen molar-refractivity contribution in [2.24, 2.45) is 5.92 Å². The minimum absolute atomic E-state index is 0.802. The van der Waals surface area contributed by atoms with Crippen LogP contribution in [0.15, 0.2) is 24.3 Å². The van der Waals surface area contributed by atoms with Crippen molar-refractivity contribution >= 4 is 0 Å². The predicted octanol–water partition coefficient (Wildman–Crippen LogP) is 3.17. The molecule has 0 aliphatic rings. The fourth-order valence-corrected chi connectivity index (χ4v) is 1.62. The molecular formula is C14H23N. The molecule has 0 unspecified atom stereocenters. The molecule has 84 valence electrons. The van der Waals surface area contributed by atoms with Crippen LogP contribution in [0.3, 0.4) is 0 Å². The second kappa shape index (κ2) is 6.62. The molecule has 0 aromatic heterocycles. The third-order valence-electron chi connectivity index (χ3n) is 2.57. The van der Waals surface area contributed by atoms with E-state index in [0.717, 1.165) is 25.4 Å². The Morgan fingerprint density at radius 1 is 1.20 bits per heavy atom. The van der Waals surface area contributed by atoms with Crippen molar-refractivity contribution in [1.82, 2.24) is 5.32 Å². The van der Waals surface area contributed by atoms with Crippen LogP contribution in [0.25, 0.3) is 0 Å². The lowest BCUT2D eigenvalue weighted by Crippen LogP contribution is -2.19. The van der Waals surface area contributed by atoms with Gasteiger partial charge in [0.25, 0.3) is 0 Å². The molecule has 0 saturated heterocycles. The van der Waals surface area contributed by atoms with Crippen molar-refractivity contribution < 1.29 is 0 Å². The lowest BCUT2D eigenvalue weighted by Gasteiger charge is -2.07. The van der Waals surface area contributed by atoms with Gasteiger partial charge in [-0.25, -0.2) is 0 Å². The number of rotatable bonds is 6. The topological polar surface area (TPSA) is 12.0 Å². The molecule has 0 radical (unpaired) electrons. The molecule has 0 atom stereocenters. The van der Waals surface area contributed by atoms with Gasteiger partial charge in [0.05, 0.1) is 0 Å². The van der Waals surface area contributed by atoms with Crippen molar-refractivity contribution in [3.63, 3.8) is 0 Å². The van der Waals surface area contributed by atoms with Crippen LogP contribution in [0.1, 0.15) is 31.4 Å². The Hall–Kier alpha value is -0.820. The van der Waals surface area contributed by atoms with Gasteiger partial charge >= 0.3 is 0 Å². The van der Waals surface area contributed by atoms with E-state index in [9.17, 15) is 0 Å². The highest BCUT2D eigenvalue weighted by molar-refractivity contribution is 5.22. The maximum absolute atomic E-state index is 3.48. The Bertz CT molecular complexity index is 278. The smallest absolute Gasteiger partial charge is 0.000835 e. The molecule has 1 N–H and O–H groups in total. The zero-order valence-electron chi connectivity index (χ0n) is 10.2. The van der Waals surface area contributed by atoms with Crippen LogP contribution in [0.5, 0.6) is 0 Å². The molecule has 0 aliphatic heterocycles. The predicted molar refractivity (Wildman–Crippen MR) is 67.2 cm³/mol. The molecule has 0 fully saturated rings. The number of hydrogen-bond donors (Lipinski definition) is 1. The molecule has 15 heavy (non-hydrogen) atoms. The van der Waals surface area contributed by atoms with Gasteiger partial charge in [-0.05, 0) is 44.3 Å². The SMILES string of the molecule is Cc1cccc(CCNCCC(C)C)c1. The van der Waals surface area contributed by atoms with Crippen LogP contribution in [0, 0.1) is 12.8 Å². The van der Waals surface area contributed by atoms with Gasteiger partial charge < -0.3 is 5.32 Å². The van der Waals surface area contributed by atoms with Gasteiger partial charge in [-0.15, -0.1) is 0 Å². The second-order valence-electron chi connectivity index (χ2n) is 4.67. The highest BCUT2D eigenvalue weighted by Gasteiger charge is 1.95. The zero-order chi connectivity index (χ0) is 11.1. The van der Waals surface area contributed by atoms with E-state index in [1.807, 2.05) is 0 Å². The van der Waals surface area contributed by atoms with Crippen LogP contribution in [-0.4, -0.2) is 13.1 Å². The van der Waals surface area contributed by atoms with Gasteiger partial charge in [0.2, 0.25) is 0 Å². The molecule has 0 saturated carbocycles. The average molecular weight is 205 g/mol. The van der Waals surface area contributed by atoms with E-state index in [-0.39, 0.29) is 0 Å². The van der Waals surface area contributed by atoms with Gasteiger partial charge in [-0.2, -0.15) is 0 Å². The van der Waals surface area contributed by atoms with Crippen LogP contribution in [0.4, 0.5) is 0 Å². The minimum Gasteiger partial charge on any atom is -0.316 e. The summed E-state index contributed by atoms with van der Waals surface area (Å²) in [5.74, 6) is 0.802. The molecule has 1 rings (SSSR count). The third kappa shape index (κ3) is 5.58. The van der Waals surface area contributed by atoms with Crippen molar-refractivity contribution in [3.8, 4) is 0 Å². The van der Waals surface area contributed by atoms with Crippen molar-refractivity contribution in [2.45, 2.75) is 33.6 Å². The lowest BCUT2D eigenvalue weighted by atomic mass is 10.1. The van der Waals surface area contributed by atoms with E-state index in [4.69, 9.17) is 0 Å². The Labute approximate surface area is 93.9 Å². The van der Waals surface area contributed by atoms with Gasteiger partial charge in [-0.1, -0.05) is 43.7 Å². The Morgan fingerprint density at radius 3 is 2.67 bits per heavy atom. The fourth-order valence-electron chi connectivity index (χ4n) is 1.62. The summed E-state index contributed by atoms with van der Waals surface area (Å²) in [6, 6.07) is 8.76. The Morgan fingerprint density at radius 2 is 2.00 bits per heavy atom. The fraction of sp³-hybridized carbons (Fsp3) is 0.571. The monoisotopic (exact) mass is 205 g/mol. The van der Waals surface area contributed by atoms with Crippen molar-refractivity contribution in [2.75, 3.05) is 13.1 Å². The van der Waals surface area contributed by atoms with E-state index in [2.05, 4.69) is 50.4 Å². The first-order chi connectivity index (χ1) is 7.18. The summed E-state index contributed by atoms with van der Waals surface area (Å²) in [6.07, 6.45) is 2.41. The molecule has 0 amide bonds. The van der Waals surface area contributed by atoms with Gasteiger partial charge in [0, 0.05) is 0 Å². The summed E-state index contributed by atoms with van der Waals surface area (Å²) in [7, 11) is 0. The van der Waals surface area contributed by atoms with E-state index in [1.165, 1.54) is 17.5 Å². The summed E-state index contributed by atoms with van der Waals surface area (Å²) in [4.78, 5) is 0. The largest absolute Gasteiger partial charge is 0.316 e. The maximum atomic E-state index is 3.48. The first kappa shape index (κ1) is 12.3. The molecule has 1 aromatic rings. The first-order valence-corrected chi connectivity index (χ1v) is 5.94. The van der Waals surface area contributed by atoms with Crippen LogP contribution in [-0.2, 0) is 6.42 Å². The normalized spacial score (nSPS) is 10.9. The number of hydrogen-bond acceptors (Lipinski definition) is 1. The van der Waals surface area contributed by atoms with E-state index in [1.54, 1.807) is 0 Å². The van der Waals surface area contributed by atoms with Crippen LogP contribution in [0.2, 0.25) is 0 Å². The Kier molecular flexibility index (Phi) is 5.41. The first-order valence-electron chi connectivity index (χ1n) is 5.94. The number of aryl methyl sites for hydroxylation is 1. The summed E-state index contributed by atoms with van der Waals surface area (Å²) in [6.45, 7) is 8.92. The molecular weight excluding hydrogens is 182 g/mol. The molecule has 0 aliphatic carbocycles. The highest BCUT2D eigenvalue weighted by atomic mass is 14.8. The quantitative estimate of drug-likeness (QED) is 0.703. The van der Waals surface area contributed by atoms with Crippen LogP contribution >= 0.6 is 0 Å². The van der Waals surface area contributed by atoms with Gasteiger partial charge in [0.15, 0.2) is 0 Å². The standard InChI is InChI=1S/C14H23N/c1-12(2)7-9-15-10-8-14-6-4-5-13(3)11-14/h4-6,11-12,15H,7-10H2,1-3H3.